The van der Waals surface area contributed by atoms with Crippen molar-refractivity contribution in [3.8, 4) is 0 Å². The summed E-state index contributed by atoms with van der Waals surface area (Å²) in [5.74, 6) is 0. The predicted molar refractivity (Wildman–Crippen MR) is 87.0 cm³/mol. The monoisotopic (exact) mass is 345 g/mol. The fourth-order valence-electron chi connectivity index (χ4n) is 2.54. The highest BCUT2D eigenvalue weighted by Crippen LogP contribution is 2.27. The van der Waals surface area contributed by atoms with Crippen LogP contribution < -0.4 is 5.32 Å². The Morgan fingerprint density at radius 1 is 1.26 bits per heavy atom. The van der Waals surface area contributed by atoms with Gasteiger partial charge < -0.3 is 10.2 Å². The lowest BCUT2D eigenvalue weighted by atomic mass is 10.2. The molecule has 1 aromatic rings. The van der Waals surface area contributed by atoms with E-state index in [4.69, 9.17) is 0 Å². The standard InChI is InChI=1S/C14H24BrN3S/c1-11(10-18-8-6-17(3)7-9-18)16-12(2)13-4-5-14(15)19-13/h4-5,11-12,16H,6-10H2,1-3H3/t11-,12+/m1/s1. The van der Waals surface area contributed by atoms with Crippen LogP contribution in [0.1, 0.15) is 24.8 Å². The second kappa shape index (κ2) is 7.18. The maximum absolute atomic E-state index is 3.70. The van der Waals surface area contributed by atoms with E-state index in [0.29, 0.717) is 12.1 Å². The molecule has 0 saturated carbocycles. The Bertz CT molecular complexity index is 388. The minimum absolute atomic E-state index is 0.429. The molecule has 1 saturated heterocycles. The van der Waals surface area contributed by atoms with Crippen LogP contribution in [0.2, 0.25) is 0 Å². The summed E-state index contributed by atoms with van der Waals surface area (Å²) in [5, 5.41) is 3.70. The van der Waals surface area contributed by atoms with Gasteiger partial charge in [0, 0.05) is 49.7 Å². The van der Waals surface area contributed by atoms with Crippen LogP contribution in [0.15, 0.2) is 15.9 Å². The van der Waals surface area contributed by atoms with Gasteiger partial charge in [-0.3, -0.25) is 4.90 Å². The lowest BCUT2D eigenvalue weighted by Gasteiger charge is -2.34. The number of halogens is 1. The largest absolute Gasteiger partial charge is 0.306 e. The molecule has 0 unspecified atom stereocenters. The first-order valence-corrected chi connectivity index (χ1v) is 8.57. The minimum Gasteiger partial charge on any atom is -0.306 e. The van der Waals surface area contributed by atoms with Crippen molar-refractivity contribution in [3.05, 3.63) is 20.8 Å². The average Bonchev–Trinajstić information content (AvgIpc) is 2.79. The lowest BCUT2D eigenvalue weighted by Crippen LogP contribution is -2.49. The molecule has 0 bridgehead atoms. The smallest absolute Gasteiger partial charge is 0.0701 e. The summed E-state index contributed by atoms with van der Waals surface area (Å²) in [6.45, 7) is 10.5. The van der Waals surface area contributed by atoms with Crippen LogP contribution in [0, 0.1) is 0 Å². The van der Waals surface area contributed by atoms with Crippen LogP contribution in [0.5, 0.6) is 0 Å². The molecule has 1 aliphatic rings. The highest BCUT2D eigenvalue weighted by molar-refractivity contribution is 9.11. The van der Waals surface area contributed by atoms with Gasteiger partial charge in [-0.2, -0.15) is 0 Å². The van der Waals surface area contributed by atoms with Gasteiger partial charge in [0.1, 0.15) is 0 Å². The topological polar surface area (TPSA) is 18.5 Å². The van der Waals surface area contributed by atoms with Gasteiger partial charge in [0.05, 0.1) is 3.79 Å². The van der Waals surface area contributed by atoms with Crippen molar-refractivity contribution in [2.45, 2.75) is 25.9 Å². The maximum atomic E-state index is 3.70. The van der Waals surface area contributed by atoms with Crippen LogP contribution in [-0.2, 0) is 0 Å². The summed E-state index contributed by atoms with van der Waals surface area (Å²) in [7, 11) is 2.20. The Kier molecular flexibility index (Phi) is 5.84. The van der Waals surface area contributed by atoms with Crippen molar-refractivity contribution in [1.82, 2.24) is 15.1 Å². The molecule has 0 radical (unpaired) electrons. The molecule has 2 rings (SSSR count). The second-order valence-corrected chi connectivity index (χ2v) is 8.03. The Balaban J connectivity index is 1.76. The van der Waals surface area contributed by atoms with E-state index in [1.165, 1.54) is 34.8 Å². The first kappa shape index (κ1) is 15.4. The van der Waals surface area contributed by atoms with Crippen molar-refractivity contribution in [1.29, 1.82) is 0 Å². The number of thiophene rings is 1. The van der Waals surface area contributed by atoms with Crippen LogP contribution in [0.4, 0.5) is 0 Å². The normalized spacial score (nSPS) is 21.5. The molecule has 1 fully saturated rings. The molecule has 108 valence electrons. The van der Waals surface area contributed by atoms with Crippen molar-refractivity contribution in [3.63, 3.8) is 0 Å². The summed E-state index contributed by atoms with van der Waals surface area (Å²) in [6, 6.07) is 5.29. The molecule has 2 atom stereocenters. The Hall–Kier alpha value is 0.0600. The van der Waals surface area contributed by atoms with Gasteiger partial charge in [-0.05, 0) is 49.0 Å². The highest BCUT2D eigenvalue weighted by Gasteiger charge is 2.17. The maximum Gasteiger partial charge on any atom is 0.0701 e. The van der Waals surface area contributed by atoms with Gasteiger partial charge in [0.15, 0.2) is 0 Å². The number of piperazine rings is 1. The fourth-order valence-corrected chi connectivity index (χ4v) is 3.98. The summed E-state index contributed by atoms with van der Waals surface area (Å²) in [6.07, 6.45) is 0. The zero-order valence-corrected chi connectivity index (χ0v) is 14.4. The highest BCUT2D eigenvalue weighted by atomic mass is 79.9. The minimum atomic E-state index is 0.429. The molecular formula is C14H24BrN3S. The summed E-state index contributed by atoms with van der Waals surface area (Å²) < 4.78 is 1.21. The molecule has 1 aliphatic heterocycles. The Labute approximate surface area is 129 Å². The fraction of sp³-hybridized carbons (Fsp3) is 0.714. The van der Waals surface area contributed by atoms with Crippen LogP contribution >= 0.6 is 27.3 Å². The van der Waals surface area contributed by atoms with Gasteiger partial charge in [-0.25, -0.2) is 0 Å². The van der Waals surface area contributed by atoms with Gasteiger partial charge >= 0.3 is 0 Å². The molecule has 5 heteroatoms. The quantitative estimate of drug-likeness (QED) is 0.885. The molecule has 3 nitrogen and oxygen atoms in total. The molecule has 19 heavy (non-hydrogen) atoms. The average molecular weight is 346 g/mol. The summed E-state index contributed by atoms with van der Waals surface area (Å²) >= 11 is 5.35. The lowest BCUT2D eigenvalue weighted by molar-refractivity contribution is 0.142. The zero-order valence-electron chi connectivity index (χ0n) is 12.0. The molecular weight excluding hydrogens is 322 g/mol. The third-order valence-corrected chi connectivity index (χ3v) is 5.49. The van der Waals surface area contributed by atoms with Gasteiger partial charge in [-0.15, -0.1) is 11.3 Å². The Morgan fingerprint density at radius 3 is 2.53 bits per heavy atom. The van der Waals surface area contributed by atoms with Crippen LogP contribution in [0.3, 0.4) is 0 Å². The van der Waals surface area contributed by atoms with Crippen molar-refractivity contribution in [2.75, 3.05) is 39.8 Å². The molecule has 1 N–H and O–H groups in total. The summed E-state index contributed by atoms with van der Waals surface area (Å²) in [4.78, 5) is 6.37. The van der Waals surface area contributed by atoms with E-state index in [-0.39, 0.29) is 0 Å². The van der Waals surface area contributed by atoms with E-state index in [1.54, 1.807) is 0 Å². The third kappa shape index (κ3) is 4.83. The van der Waals surface area contributed by atoms with Gasteiger partial charge in [0.25, 0.3) is 0 Å². The molecule has 0 amide bonds. The van der Waals surface area contributed by atoms with E-state index in [0.717, 1.165) is 6.54 Å². The van der Waals surface area contributed by atoms with Crippen molar-refractivity contribution in [2.24, 2.45) is 0 Å². The van der Waals surface area contributed by atoms with Crippen LogP contribution in [0.25, 0.3) is 0 Å². The zero-order chi connectivity index (χ0) is 13.8. The van der Waals surface area contributed by atoms with Crippen molar-refractivity contribution < 1.29 is 0 Å². The van der Waals surface area contributed by atoms with E-state index in [1.807, 2.05) is 11.3 Å². The molecule has 0 spiro atoms. The first-order valence-electron chi connectivity index (χ1n) is 6.97. The molecule has 0 aliphatic carbocycles. The first-order chi connectivity index (χ1) is 9.04. The number of hydrogen-bond donors (Lipinski definition) is 1. The van der Waals surface area contributed by atoms with E-state index in [9.17, 15) is 0 Å². The van der Waals surface area contributed by atoms with Crippen LogP contribution in [-0.4, -0.2) is 55.6 Å². The predicted octanol–water partition coefficient (Wildman–Crippen LogP) is 2.80. The molecule has 2 heterocycles. The summed E-state index contributed by atoms with van der Waals surface area (Å²) in [5.41, 5.74) is 0. The number of likely N-dealkylation sites (N-methyl/N-ethyl adjacent to an activating group) is 1. The SMILES string of the molecule is C[C@H](CN1CCN(C)CC1)N[C@@H](C)c1ccc(Br)s1. The second-order valence-electron chi connectivity index (χ2n) is 5.54. The third-order valence-electron chi connectivity index (χ3n) is 3.68. The van der Waals surface area contributed by atoms with E-state index >= 15 is 0 Å². The molecule has 1 aromatic heterocycles. The Morgan fingerprint density at radius 2 is 1.95 bits per heavy atom. The van der Waals surface area contributed by atoms with E-state index < -0.39 is 0 Å². The molecule has 0 aromatic carbocycles. The van der Waals surface area contributed by atoms with Gasteiger partial charge in [0.2, 0.25) is 0 Å². The van der Waals surface area contributed by atoms with E-state index in [2.05, 4.69) is 64.1 Å². The number of nitrogens with zero attached hydrogens (tertiary/aromatic N) is 2. The number of rotatable bonds is 5. The van der Waals surface area contributed by atoms with Crippen molar-refractivity contribution >= 4 is 27.3 Å². The number of hydrogen-bond acceptors (Lipinski definition) is 4. The number of nitrogens with one attached hydrogen (secondary N) is 1. The van der Waals surface area contributed by atoms with Gasteiger partial charge in [-0.1, -0.05) is 0 Å².